The van der Waals surface area contributed by atoms with Crippen LogP contribution in [0.1, 0.15) is 58.8 Å². The largest absolute Gasteiger partial charge is 0.464 e. The molecular formula is C14H26O3. The third-order valence-electron chi connectivity index (χ3n) is 2.47. The van der Waals surface area contributed by atoms with Crippen molar-refractivity contribution >= 4 is 6.29 Å². The van der Waals surface area contributed by atoms with E-state index in [1.807, 2.05) is 6.08 Å². The number of unbranched alkanes of at least 4 members (excludes halogenated alkanes) is 5. The first-order chi connectivity index (χ1) is 8.35. The van der Waals surface area contributed by atoms with Gasteiger partial charge in [-0.3, -0.25) is 4.79 Å². The topological polar surface area (TPSA) is 35.5 Å². The van der Waals surface area contributed by atoms with Crippen LogP contribution in [0.5, 0.6) is 0 Å². The highest BCUT2D eigenvalue weighted by Crippen LogP contribution is 2.04. The fourth-order valence-corrected chi connectivity index (χ4v) is 1.40. The Morgan fingerprint density at radius 2 is 1.76 bits per heavy atom. The first-order valence-corrected chi connectivity index (χ1v) is 6.71. The summed E-state index contributed by atoms with van der Waals surface area (Å²) in [6, 6.07) is 0. The van der Waals surface area contributed by atoms with Gasteiger partial charge in [-0.05, 0) is 25.3 Å². The Hall–Kier alpha value is -0.830. The van der Waals surface area contributed by atoms with Crippen molar-refractivity contribution in [3.05, 3.63) is 11.8 Å². The molecule has 0 bridgehead atoms. The second-order valence-corrected chi connectivity index (χ2v) is 4.10. The molecule has 0 saturated heterocycles. The van der Waals surface area contributed by atoms with Crippen LogP contribution in [0.25, 0.3) is 0 Å². The normalized spacial score (nSPS) is 11.5. The molecule has 0 spiro atoms. The van der Waals surface area contributed by atoms with Crippen molar-refractivity contribution in [2.24, 2.45) is 0 Å². The number of aldehydes is 1. The van der Waals surface area contributed by atoms with Gasteiger partial charge in [-0.1, -0.05) is 39.5 Å². The molecule has 0 amide bonds. The monoisotopic (exact) mass is 242 g/mol. The number of ether oxygens (including phenoxy) is 2. The van der Waals surface area contributed by atoms with E-state index in [4.69, 9.17) is 9.47 Å². The average molecular weight is 242 g/mol. The van der Waals surface area contributed by atoms with E-state index in [0.717, 1.165) is 25.5 Å². The predicted molar refractivity (Wildman–Crippen MR) is 69.7 cm³/mol. The highest BCUT2D eigenvalue weighted by atomic mass is 16.7. The molecule has 0 aliphatic carbocycles. The minimum atomic E-state index is 0.183. The Kier molecular flexibility index (Phi) is 12.6. The van der Waals surface area contributed by atoms with Gasteiger partial charge in [0.05, 0.1) is 6.61 Å². The molecule has 0 radical (unpaired) electrons. The van der Waals surface area contributed by atoms with Crippen molar-refractivity contribution in [1.82, 2.24) is 0 Å². The third kappa shape index (κ3) is 11.4. The second kappa shape index (κ2) is 13.2. The van der Waals surface area contributed by atoms with E-state index in [1.54, 1.807) is 0 Å². The number of carbonyl (C=O) groups is 1. The molecule has 3 heteroatoms. The molecule has 0 atom stereocenters. The fraction of sp³-hybridized carbons (Fsp3) is 0.786. The van der Waals surface area contributed by atoms with E-state index in [2.05, 4.69) is 13.8 Å². The van der Waals surface area contributed by atoms with Gasteiger partial charge in [-0.15, -0.1) is 0 Å². The Labute approximate surface area is 105 Å². The summed E-state index contributed by atoms with van der Waals surface area (Å²) in [5.41, 5.74) is 0. The minimum Gasteiger partial charge on any atom is -0.464 e. The summed E-state index contributed by atoms with van der Waals surface area (Å²) in [6.45, 7) is 5.20. The summed E-state index contributed by atoms with van der Waals surface area (Å²) in [5, 5.41) is 0. The van der Waals surface area contributed by atoms with Crippen LogP contribution in [0.2, 0.25) is 0 Å². The van der Waals surface area contributed by atoms with Crippen LogP contribution in [-0.4, -0.2) is 19.7 Å². The standard InChI is InChI=1S/C14H26O3/c1-3-5-7-8-10-14(12-15)17-13-16-11-9-6-4-2/h10,12H,3-9,11,13H2,1-2H3. The Balaban J connectivity index is 3.49. The van der Waals surface area contributed by atoms with Gasteiger partial charge in [-0.25, -0.2) is 0 Å². The van der Waals surface area contributed by atoms with Crippen molar-refractivity contribution in [3.63, 3.8) is 0 Å². The lowest BCUT2D eigenvalue weighted by atomic mass is 10.2. The molecule has 0 rings (SSSR count). The maximum absolute atomic E-state index is 10.7. The maximum Gasteiger partial charge on any atom is 0.189 e. The third-order valence-corrected chi connectivity index (χ3v) is 2.47. The van der Waals surface area contributed by atoms with Crippen molar-refractivity contribution in [2.45, 2.75) is 58.8 Å². The number of rotatable bonds is 12. The fourth-order valence-electron chi connectivity index (χ4n) is 1.40. The van der Waals surface area contributed by atoms with Crippen molar-refractivity contribution < 1.29 is 14.3 Å². The minimum absolute atomic E-state index is 0.183. The number of allylic oxidation sites excluding steroid dienone is 2. The van der Waals surface area contributed by atoms with Crippen molar-refractivity contribution in [2.75, 3.05) is 13.4 Å². The summed E-state index contributed by atoms with van der Waals surface area (Å²) in [4.78, 5) is 10.7. The molecule has 0 aromatic carbocycles. The zero-order valence-corrected chi connectivity index (χ0v) is 11.2. The average Bonchev–Trinajstić information content (AvgIpc) is 2.36. The van der Waals surface area contributed by atoms with Crippen LogP contribution in [0.4, 0.5) is 0 Å². The highest BCUT2D eigenvalue weighted by molar-refractivity contribution is 5.69. The molecule has 0 N–H and O–H groups in total. The smallest absolute Gasteiger partial charge is 0.189 e. The van der Waals surface area contributed by atoms with Gasteiger partial charge in [-0.2, -0.15) is 0 Å². The molecule has 0 aliphatic rings. The lowest BCUT2D eigenvalue weighted by molar-refractivity contribution is -0.111. The second-order valence-electron chi connectivity index (χ2n) is 4.10. The quantitative estimate of drug-likeness (QED) is 0.171. The molecule has 0 unspecified atom stereocenters. The van der Waals surface area contributed by atoms with Gasteiger partial charge in [0.25, 0.3) is 0 Å². The molecule has 100 valence electrons. The van der Waals surface area contributed by atoms with Crippen LogP contribution in [0.3, 0.4) is 0 Å². The Bertz CT molecular complexity index is 200. The molecule has 0 aliphatic heterocycles. The van der Waals surface area contributed by atoms with Gasteiger partial charge in [0, 0.05) is 0 Å². The maximum atomic E-state index is 10.7. The number of hydrogen-bond donors (Lipinski definition) is 0. The first-order valence-electron chi connectivity index (χ1n) is 6.71. The molecule has 0 aromatic rings. The summed E-state index contributed by atoms with van der Waals surface area (Å²) >= 11 is 0. The van der Waals surface area contributed by atoms with E-state index in [9.17, 15) is 4.79 Å². The summed E-state index contributed by atoms with van der Waals surface area (Å²) < 4.78 is 10.5. The van der Waals surface area contributed by atoms with Crippen LogP contribution in [-0.2, 0) is 14.3 Å². The van der Waals surface area contributed by atoms with Gasteiger partial charge < -0.3 is 9.47 Å². The SMILES string of the molecule is CCCCCC=C(C=O)OCOCCCCC. The van der Waals surface area contributed by atoms with Gasteiger partial charge in [0.2, 0.25) is 0 Å². The van der Waals surface area contributed by atoms with Crippen LogP contribution in [0.15, 0.2) is 11.8 Å². The van der Waals surface area contributed by atoms with E-state index in [0.29, 0.717) is 12.4 Å². The zero-order valence-electron chi connectivity index (χ0n) is 11.2. The Morgan fingerprint density at radius 1 is 1.06 bits per heavy atom. The first kappa shape index (κ1) is 16.2. The lowest BCUT2D eigenvalue weighted by Crippen LogP contribution is -2.02. The van der Waals surface area contributed by atoms with Gasteiger partial charge >= 0.3 is 0 Å². The lowest BCUT2D eigenvalue weighted by Gasteiger charge is -2.06. The summed E-state index contributed by atoms with van der Waals surface area (Å²) in [7, 11) is 0. The summed E-state index contributed by atoms with van der Waals surface area (Å²) in [5.74, 6) is 0.400. The van der Waals surface area contributed by atoms with Gasteiger partial charge in [0.15, 0.2) is 18.8 Å². The molecule has 0 fully saturated rings. The summed E-state index contributed by atoms with van der Waals surface area (Å²) in [6.07, 6.45) is 10.4. The van der Waals surface area contributed by atoms with E-state index in [1.165, 1.54) is 25.7 Å². The number of carbonyl (C=O) groups excluding carboxylic acids is 1. The van der Waals surface area contributed by atoms with Crippen molar-refractivity contribution in [3.8, 4) is 0 Å². The number of hydrogen-bond acceptors (Lipinski definition) is 3. The molecule has 3 nitrogen and oxygen atoms in total. The zero-order chi connectivity index (χ0) is 12.8. The van der Waals surface area contributed by atoms with E-state index >= 15 is 0 Å². The van der Waals surface area contributed by atoms with Gasteiger partial charge in [0.1, 0.15) is 0 Å². The van der Waals surface area contributed by atoms with E-state index < -0.39 is 0 Å². The Morgan fingerprint density at radius 3 is 2.41 bits per heavy atom. The van der Waals surface area contributed by atoms with E-state index in [-0.39, 0.29) is 6.79 Å². The predicted octanol–water partition coefficient (Wildman–Crippen LogP) is 3.83. The molecule has 0 heterocycles. The molecule has 0 saturated carbocycles. The van der Waals surface area contributed by atoms with Crippen LogP contribution >= 0.6 is 0 Å². The molecular weight excluding hydrogens is 216 g/mol. The van der Waals surface area contributed by atoms with Crippen LogP contribution < -0.4 is 0 Å². The van der Waals surface area contributed by atoms with Crippen LogP contribution in [0, 0.1) is 0 Å². The molecule has 17 heavy (non-hydrogen) atoms. The highest BCUT2D eigenvalue weighted by Gasteiger charge is 1.96. The molecule has 0 aromatic heterocycles. The van der Waals surface area contributed by atoms with Crippen molar-refractivity contribution in [1.29, 1.82) is 0 Å².